The molecule has 1 aliphatic heterocycles. The number of aromatic nitrogens is 2. The summed E-state index contributed by atoms with van der Waals surface area (Å²) in [6.45, 7) is 3.25. The fraction of sp³-hybridized carbons (Fsp3) is 0.217. The Kier molecular flexibility index (Phi) is 6.33. The number of hydrogen-bond acceptors (Lipinski definition) is 8. The standard InChI is InChI=1S/C23H23N5O4S2/c29-34(30,31)27-18-8-6-16(7-9-18)14-24-21-20-19(17-4-2-1-3-5-17)15-33-22(20)26-23(25-21)28-10-12-32-13-11-28/h1-9,15,27H,10-14H2,(H,24,25,26)(H,29,30,31). The van der Waals surface area contributed by atoms with Gasteiger partial charge in [-0.1, -0.05) is 42.5 Å². The van der Waals surface area contributed by atoms with Crippen LogP contribution in [0.2, 0.25) is 0 Å². The van der Waals surface area contributed by atoms with Gasteiger partial charge in [-0.3, -0.25) is 9.27 Å². The molecule has 9 nitrogen and oxygen atoms in total. The zero-order valence-electron chi connectivity index (χ0n) is 18.1. The molecule has 0 bridgehead atoms. The predicted octanol–water partition coefficient (Wildman–Crippen LogP) is 4.02. The summed E-state index contributed by atoms with van der Waals surface area (Å²) in [6.07, 6.45) is 0. The molecule has 0 aliphatic carbocycles. The normalized spacial score (nSPS) is 14.3. The van der Waals surface area contributed by atoms with E-state index in [-0.39, 0.29) is 5.69 Å². The average Bonchev–Trinajstić information content (AvgIpc) is 3.28. The molecule has 0 spiro atoms. The largest absolute Gasteiger partial charge is 0.378 e. The summed E-state index contributed by atoms with van der Waals surface area (Å²) < 4.78 is 38.5. The average molecular weight is 498 g/mol. The number of hydrogen-bond donors (Lipinski definition) is 3. The molecule has 176 valence electrons. The number of benzene rings is 2. The van der Waals surface area contributed by atoms with Crippen molar-refractivity contribution in [2.45, 2.75) is 6.54 Å². The van der Waals surface area contributed by atoms with Crippen LogP contribution in [0.15, 0.2) is 60.0 Å². The van der Waals surface area contributed by atoms with E-state index in [4.69, 9.17) is 19.3 Å². The van der Waals surface area contributed by atoms with Gasteiger partial charge in [-0.25, -0.2) is 4.98 Å². The summed E-state index contributed by atoms with van der Waals surface area (Å²) in [5, 5.41) is 6.54. The molecule has 0 atom stereocenters. The zero-order chi connectivity index (χ0) is 23.5. The quantitative estimate of drug-likeness (QED) is 0.328. The maximum Gasteiger partial charge on any atom is 0.357 e. The van der Waals surface area contributed by atoms with Crippen LogP contribution in [0.1, 0.15) is 5.56 Å². The lowest BCUT2D eigenvalue weighted by Gasteiger charge is -2.27. The molecule has 3 heterocycles. The Hall–Kier alpha value is -3.25. The van der Waals surface area contributed by atoms with Gasteiger partial charge in [0.2, 0.25) is 5.95 Å². The van der Waals surface area contributed by atoms with Gasteiger partial charge in [-0.2, -0.15) is 13.4 Å². The van der Waals surface area contributed by atoms with Crippen LogP contribution in [0, 0.1) is 0 Å². The Bertz CT molecular complexity index is 1390. The van der Waals surface area contributed by atoms with Crippen LogP contribution in [0.3, 0.4) is 0 Å². The first-order valence-electron chi connectivity index (χ1n) is 10.7. The number of morpholine rings is 1. The van der Waals surface area contributed by atoms with E-state index in [1.165, 1.54) is 0 Å². The van der Waals surface area contributed by atoms with Gasteiger partial charge in [0.05, 0.1) is 24.3 Å². The van der Waals surface area contributed by atoms with Crippen molar-refractivity contribution < 1.29 is 17.7 Å². The molecule has 4 aromatic rings. The third kappa shape index (κ3) is 5.12. The molecule has 2 aromatic carbocycles. The minimum Gasteiger partial charge on any atom is -0.378 e. The molecule has 1 saturated heterocycles. The van der Waals surface area contributed by atoms with Crippen LogP contribution in [0.5, 0.6) is 0 Å². The van der Waals surface area contributed by atoms with E-state index in [0.29, 0.717) is 25.7 Å². The van der Waals surface area contributed by atoms with Crippen molar-refractivity contribution in [3.8, 4) is 11.1 Å². The number of rotatable bonds is 7. The van der Waals surface area contributed by atoms with E-state index in [1.54, 1.807) is 35.6 Å². The molecule has 3 N–H and O–H groups in total. The second-order valence-corrected chi connectivity index (χ2v) is 9.81. The van der Waals surface area contributed by atoms with Crippen molar-refractivity contribution in [2.75, 3.05) is 41.2 Å². The van der Waals surface area contributed by atoms with Crippen molar-refractivity contribution in [3.05, 3.63) is 65.5 Å². The fourth-order valence-electron chi connectivity index (χ4n) is 3.82. The Balaban J connectivity index is 1.48. The van der Waals surface area contributed by atoms with Gasteiger partial charge in [0.1, 0.15) is 10.6 Å². The molecule has 2 aromatic heterocycles. The molecule has 0 saturated carbocycles. The van der Waals surface area contributed by atoms with Gasteiger partial charge in [-0.05, 0) is 23.3 Å². The first kappa shape index (κ1) is 22.5. The van der Waals surface area contributed by atoms with Crippen molar-refractivity contribution >= 4 is 49.3 Å². The summed E-state index contributed by atoms with van der Waals surface area (Å²) >= 11 is 1.59. The van der Waals surface area contributed by atoms with Crippen molar-refractivity contribution in [2.24, 2.45) is 0 Å². The molecule has 34 heavy (non-hydrogen) atoms. The topological polar surface area (TPSA) is 117 Å². The van der Waals surface area contributed by atoms with Crippen LogP contribution in [0.25, 0.3) is 21.3 Å². The van der Waals surface area contributed by atoms with Crippen molar-refractivity contribution in [1.82, 2.24) is 9.97 Å². The van der Waals surface area contributed by atoms with Crippen LogP contribution in [-0.4, -0.2) is 49.2 Å². The summed E-state index contributed by atoms with van der Waals surface area (Å²) in [6, 6.07) is 16.9. The number of ether oxygens (including phenoxy) is 1. The minimum absolute atomic E-state index is 0.287. The highest BCUT2D eigenvalue weighted by atomic mass is 32.2. The molecular formula is C23H23N5O4S2. The summed E-state index contributed by atoms with van der Waals surface area (Å²) in [5.74, 6) is 1.42. The first-order valence-corrected chi connectivity index (χ1v) is 13.0. The lowest BCUT2D eigenvalue weighted by Crippen LogP contribution is -2.37. The fourth-order valence-corrected chi connectivity index (χ4v) is 5.19. The molecule has 0 radical (unpaired) electrons. The Morgan fingerprint density at radius 2 is 1.76 bits per heavy atom. The monoisotopic (exact) mass is 497 g/mol. The maximum atomic E-state index is 11.0. The lowest BCUT2D eigenvalue weighted by molar-refractivity contribution is 0.122. The van der Waals surface area contributed by atoms with E-state index in [9.17, 15) is 8.42 Å². The predicted molar refractivity (Wildman–Crippen MR) is 135 cm³/mol. The second kappa shape index (κ2) is 9.55. The number of anilines is 3. The number of nitrogens with zero attached hydrogens (tertiary/aromatic N) is 3. The van der Waals surface area contributed by atoms with E-state index in [2.05, 4.69) is 27.7 Å². The summed E-state index contributed by atoms with van der Waals surface area (Å²) in [7, 11) is -4.30. The van der Waals surface area contributed by atoms with E-state index < -0.39 is 10.3 Å². The molecule has 1 fully saturated rings. The van der Waals surface area contributed by atoms with Crippen LogP contribution in [0.4, 0.5) is 17.5 Å². The van der Waals surface area contributed by atoms with Crippen LogP contribution < -0.4 is 14.9 Å². The number of fused-ring (bicyclic) bond motifs is 1. The van der Waals surface area contributed by atoms with Gasteiger partial charge in [-0.15, -0.1) is 11.3 Å². The van der Waals surface area contributed by atoms with E-state index >= 15 is 0 Å². The Morgan fingerprint density at radius 1 is 1.03 bits per heavy atom. The molecular weight excluding hydrogens is 474 g/mol. The van der Waals surface area contributed by atoms with E-state index in [1.807, 2.05) is 22.9 Å². The first-order chi connectivity index (χ1) is 16.5. The number of thiophene rings is 1. The van der Waals surface area contributed by atoms with Gasteiger partial charge >= 0.3 is 10.3 Å². The van der Waals surface area contributed by atoms with Crippen LogP contribution >= 0.6 is 11.3 Å². The molecule has 1 aliphatic rings. The van der Waals surface area contributed by atoms with Gasteiger partial charge in [0, 0.05) is 30.6 Å². The second-order valence-electron chi connectivity index (χ2n) is 7.79. The highest BCUT2D eigenvalue weighted by Crippen LogP contribution is 2.38. The summed E-state index contributed by atoms with van der Waals surface area (Å²) in [4.78, 5) is 12.8. The van der Waals surface area contributed by atoms with Gasteiger partial charge in [0.25, 0.3) is 0 Å². The SMILES string of the molecule is O=S(=O)(O)Nc1ccc(CNc2nc(N3CCOCC3)nc3scc(-c4ccccc4)c23)cc1. The van der Waals surface area contributed by atoms with Crippen LogP contribution in [-0.2, 0) is 21.6 Å². The lowest BCUT2D eigenvalue weighted by atomic mass is 10.1. The van der Waals surface area contributed by atoms with E-state index in [0.717, 1.165) is 45.8 Å². The third-order valence-electron chi connectivity index (χ3n) is 5.46. The third-order valence-corrected chi connectivity index (χ3v) is 6.83. The van der Waals surface area contributed by atoms with Gasteiger partial charge < -0.3 is 15.0 Å². The number of nitrogens with one attached hydrogen (secondary N) is 2. The van der Waals surface area contributed by atoms with Gasteiger partial charge in [0.15, 0.2) is 0 Å². The highest BCUT2D eigenvalue weighted by Gasteiger charge is 2.20. The maximum absolute atomic E-state index is 11.0. The Morgan fingerprint density at radius 3 is 2.47 bits per heavy atom. The minimum atomic E-state index is -4.30. The van der Waals surface area contributed by atoms with Crippen molar-refractivity contribution in [3.63, 3.8) is 0 Å². The molecule has 0 unspecified atom stereocenters. The summed E-state index contributed by atoms with van der Waals surface area (Å²) in [5.41, 5.74) is 3.39. The van der Waals surface area contributed by atoms with Crippen molar-refractivity contribution in [1.29, 1.82) is 0 Å². The molecule has 11 heteroatoms. The Labute approximate surface area is 201 Å². The smallest absolute Gasteiger partial charge is 0.357 e. The zero-order valence-corrected chi connectivity index (χ0v) is 19.8. The molecule has 0 amide bonds. The highest BCUT2D eigenvalue weighted by molar-refractivity contribution is 7.87. The molecule has 5 rings (SSSR count).